The minimum atomic E-state index is 0.124. The Kier molecular flexibility index (Phi) is 5.82. The van der Waals surface area contributed by atoms with Crippen LogP contribution in [0.4, 0.5) is 0 Å². The topological polar surface area (TPSA) is 53.4 Å². The second kappa shape index (κ2) is 7.61. The van der Waals surface area contributed by atoms with Crippen molar-refractivity contribution in [1.29, 1.82) is 0 Å². The number of aromatic nitrogens is 2. The lowest BCUT2D eigenvalue weighted by molar-refractivity contribution is -0.122. The number of amides is 1. The molecule has 1 aromatic heterocycles. The SMILES string of the molecule is CCCNC(=O)CN1CCN(Cn2cc(Cl)cn2)CC1. The molecule has 0 radical (unpaired) electrons. The van der Waals surface area contributed by atoms with Crippen molar-refractivity contribution < 1.29 is 4.79 Å². The predicted molar refractivity (Wildman–Crippen MR) is 78.6 cm³/mol. The molecule has 20 heavy (non-hydrogen) atoms. The fourth-order valence-corrected chi connectivity index (χ4v) is 2.39. The van der Waals surface area contributed by atoms with Gasteiger partial charge in [0.2, 0.25) is 5.91 Å². The van der Waals surface area contributed by atoms with Crippen molar-refractivity contribution in [1.82, 2.24) is 24.9 Å². The molecule has 6 nitrogen and oxygen atoms in total. The first-order valence-electron chi connectivity index (χ1n) is 7.06. The number of nitrogens with zero attached hydrogens (tertiary/aromatic N) is 4. The third kappa shape index (κ3) is 4.77. The predicted octanol–water partition coefficient (Wildman–Crippen LogP) is 0.638. The molecule has 0 aromatic carbocycles. The Balaban J connectivity index is 1.68. The van der Waals surface area contributed by atoms with E-state index in [9.17, 15) is 4.79 Å². The number of hydrogen-bond donors (Lipinski definition) is 1. The summed E-state index contributed by atoms with van der Waals surface area (Å²) in [5.74, 6) is 0.124. The summed E-state index contributed by atoms with van der Waals surface area (Å²) in [7, 11) is 0. The molecule has 0 spiro atoms. The summed E-state index contributed by atoms with van der Waals surface area (Å²) < 4.78 is 1.84. The molecule has 1 amide bonds. The first kappa shape index (κ1) is 15.3. The van der Waals surface area contributed by atoms with E-state index >= 15 is 0 Å². The Labute approximate surface area is 124 Å². The summed E-state index contributed by atoms with van der Waals surface area (Å²) in [6.07, 6.45) is 4.45. The summed E-state index contributed by atoms with van der Waals surface area (Å²) in [5, 5.41) is 7.75. The second-order valence-corrected chi connectivity index (χ2v) is 5.52. The zero-order valence-electron chi connectivity index (χ0n) is 11.9. The molecular formula is C13H22ClN5O. The minimum absolute atomic E-state index is 0.124. The number of piperazine rings is 1. The molecule has 2 rings (SSSR count). The van der Waals surface area contributed by atoms with E-state index in [-0.39, 0.29) is 5.91 Å². The van der Waals surface area contributed by atoms with E-state index in [1.165, 1.54) is 0 Å². The van der Waals surface area contributed by atoms with Crippen molar-refractivity contribution in [2.75, 3.05) is 39.3 Å². The van der Waals surface area contributed by atoms with Gasteiger partial charge in [-0.05, 0) is 6.42 Å². The van der Waals surface area contributed by atoms with Crippen molar-refractivity contribution in [2.45, 2.75) is 20.0 Å². The number of carbonyl (C=O) groups excluding carboxylic acids is 1. The maximum absolute atomic E-state index is 11.7. The first-order valence-corrected chi connectivity index (χ1v) is 7.44. The van der Waals surface area contributed by atoms with Crippen LogP contribution in [0.25, 0.3) is 0 Å². The van der Waals surface area contributed by atoms with E-state index < -0.39 is 0 Å². The lowest BCUT2D eigenvalue weighted by Gasteiger charge is -2.34. The zero-order valence-corrected chi connectivity index (χ0v) is 12.6. The highest BCUT2D eigenvalue weighted by Gasteiger charge is 2.18. The van der Waals surface area contributed by atoms with Gasteiger partial charge in [-0.15, -0.1) is 0 Å². The van der Waals surface area contributed by atoms with Crippen LogP contribution in [-0.2, 0) is 11.5 Å². The molecule has 7 heteroatoms. The summed E-state index contributed by atoms with van der Waals surface area (Å²) in [4.78, 5) is 16.2. The van der Waals surface area contributed by atoms with E-state index in [0.29, 0.717) is 11.6 Å². The highest BCUT2D eigenvalue weighted by Crippen LogP contribution is 2.07. The molecule has 2 heterocycles. The molecule has 1 aliphatic rings. The van der Waals surface area contributed by atoms with Gasteiger partial charge >= 0.3 is 0 Å². The molecule has 1 N–H and O–H groups in total. The number of hydrogen-bond acceptors (Lipinski definition) is 4. The Morgan fingerprint density at radius 1 is 1.35 bits per heavy atom. The normalized spacial score (nSPS) is 17.3. The third-order valence-corrected chi connectivity index (χ3v) is 3.55. The average molecular weight is 300 g/mol. The number of halogens is 1. The van der Waals surface area contributed by atoms with Crippen molar-refractivity contribution in [2.24, 2.45) is 0 Å². The molecule has 0 unspecified atom stereocenters. The largest absolute Gasteiger partial charge is 0.355 e. The molecule has 1 saturated heterocycles. The van der Waals surface area contributed by atoms with Crippen molar-refractivity contribution in [3.63, 3.8) is 0 Å². The smallest absolute Gasteiger partial charge is 0.234 e. The number of rotatable bonds is 6. The van der Waals surface area contributed by atoms with Crippen LogP contribution in [0.3, 0.4) is 0 Å². The van der Waals surface area contributed by atoms with Crippen LogP contribution in [0.2, 0.25) is 5.02 Å². The van der Waals surface area contributed by atoms with Gasteiger partial charge in [0.05, 0.1) is 24.4 Å². The third-order valence-electron chi connectivity index (χ3n) is 3.35. The fourth-order valence-electron chi connectivity index (χ4n) is 2.23. The number of carbonyl (C=O) groups is 1. The van der Waals surface area contributed by atoms with Crippen molar-refractivity contribution in [3.05, 3.63) is 17.4 Å². The van der Waals surface area contributed by atoms with Crippen molar-refractivity contribution in [3.8, 4) is 0 Å². The quantitative estimate of drug-likeness (QED) is 0.837. The van der Waals surface area contributed by atoms with Crippen LogP contribution in [0.5, 0.6) is 0 Å². The van der Waals surface area contributed by atoms with Gasteiger partial charge in [0.1, 0.15) is 0 Å². The van der Waals surface area contributed by atoms with Gasteiger partial charge < -0.3 is 5.32 Å². The van der Waals surface area contributed by atoms with E-state index in [0.717, 1.165) is 45.8 Å². The molecule has 0 saturated carbocycles. The summed E-state index contributed by atoms with van der Waals surface area (Å²) in [5.41, 5.74) is 0. The molecule has 112 valence electrons. The minimum Gasteiger partial charge on any atom is -0.355 e. The lowest BCUT2D eigenvalue weighted by Crippen LogP contribution is -2.49. The highest BCUT2D eigenvalue weighted by atomic mass is 35.5. The second-order valence-electron chi connectivity index (χ2n) is 5.08. The van der Waals surface area contributed by atoms with Crippen LogP contribution < -0.4 is 5.32 Å². The molecule has 1 aromatic rings. The van der Waals surface area contributed by atoms with E-state index in [4.69, 9.17) is 11.6 Å². The van der Waals surface area contributed by atoms with Crippen molar-refractivity contribution >= 4 is 17.5 Å². The van der Waals surface area contributed by atoms with Gasteiger partial charge in [-0.25, -0.2) is 0 Å². The molecule has 1 fully saturated rings. The standard InChI is InChI=1S/C13H22ClN5O/c1-2-3-15-13(20)10-17-4-6-18(7-5-17)11-19-9-12(14)8-16-19/h8-9H,2-7,10-11H2,1H3,(H,15,20). The Bertz CT molecular complexity index is 428. The monoisotopic (exact) mass is 299 g/mol. The average Bonchev–Trinajstić information content (AvgIpc) is 2.84. The van der Waals surface area contributed by atoms with E-state index in [2.05, 4.69) is 27.1 Å². The van der Waals surface area contributed by atoms with Gasteiger partial charge in [-0.1, -0.05) is 18.5 Å². The van der Waals surface area contributed by atoms with Gasteiger partial charge in [0, 0.05) is 38.9 Å². The Hall–Kier alpha value is -1.11. The Morgan fingerprint density at radius 3 is 2.65 bits per heavy atom. The highest BCUT2D eigenvalue weighted by molar-refractivity contribution is 6.30. The van der Waals surface area contributed by atoms with Crippen LogP contribution in [0.15, 0.2) is 12.4 Å². The summed E-state index contributed by atoms with van der Waals surface area (Å²) >= 11 is 5.85. The Morgan fingerprint density at radius 2 is 2.05 bits per heavy atom. The van der Waals surface area contributed by atoms with Gasteiger partial charge in [0.25, 0.3) is 0 Å². The molecule has 1 aliphatic heterocycles. The first-order chi connectivity index (χ1) is 9.67. The molecule has 0 atom stereocenters. The summed E-state index contributed by atoms with van der Waals surface area (Å²) in [6.45, 7) is 7.78. The fraction of sp³-hybridized carbons (Fsp3) is 0.692. The van der Waals surface area contributed by atoms with Crippen LogP contribution in [-0.4, -0.2) is 64.8 Å². The maximum atomic E-state index is 11.7. The van der Waals surface area contributed by atoms with E-state index in [1.807, 2.05) is 10.9 Å². The van der Waals surface area contributed by atoms with Crippen LogP contribution in [0, 0.1) is 0 Å². The van der Waals surface area contributed by atoms with Crippen LogP contribution in [0.1, 0.15) is 13.3 Å². The van der Waals surface area contributed by atoms with Gasteiger partial charge in [-0.2, -0.15) is 5.10 Å². The maximum Gasteiger partial charge on any atom is 0.234 e. The zero-order chi connectivity index (χ0) is 14.4. The summed E-state index contributed by atoms with van der Waals surface area (Å²) in [6, 6.07) is 0. The molecular weight excluding hydrogens is 278 g/mol. The number of nitrogens with one attached hydrogen (secondary N) is 1. The lowest BCUT2D eigenvalue weighted by atomic mass is 10.3. The van der Waals surface area contributed by atoms with Gasteiger partial charge in [0.15, 0.2) is 0 Å². The van der Waals surface area contributed by atoms with E-state index in [1.54, 1.807) is 6.20 Å². The van der Waals surface area contributed by atoms with Crippen LogP contribution >= 0.6 is 11.6 Å². The van der Waals surface area contributed by atoms with Gasteiger partial charge in [-0.3, -0.25) is 19.3 Å². The molecule has 0 aliphatic carbocycles. The molecule has 0 bridgehead atoms.